The van der Waals surface area contributed by atoms with Crippen LogP contribution in [0.25, 0.3) is 11.3 Å². The quantitative estimate of drug-likeness (QED) is 0.662. The smallest absolute Gasteiger partial charge is 0.107 e. The van der Waals surface area contributed by atoms with Gasteiger partial charge in [-0.15, -0.1) is 11.3 Å². The minimum atomic E-state index is 0.150. The highest BCUT2D eigenvalue weighted by Gasteiger charge is 2.10. The number of hydrogen-bond acceptors (Lipinski definition) is 5. The van der Waals surface area contributed by atoms with E-state index in [-0.39, 0.29) is 12.5 Å². The summed E-state index contributed by atoms with van der Waals surface area (Å²) in [5.74, 6) is 0.161. The van der Waals surface area contributed by atoms with Crippen LogP contribution < -0.4 is 5.32 Å². The lowest BCUT2D eigenvalue weighted by Crippen LogP contribution is -2.26. The van der Waals surface area contributed by atoms with E-state index in [9.17, 15) is 5.11 Å². The number of pyridine rings is 1. The fourth-order valence-electron chi connectivity index (χ4n) is 2.53. The first-order chi connectivity index (χ1) is 11.8. The van der Waals surface area contributed by atoms with E-state index in [0.29, 0.717) is 0 Å². The van der Waals surface area contributed by atoms with Crippen molar-refractivity contribution in [3.63, 3.8) is 0 Å². The Kier molecular flexibility index (Phi) is 6.07. The molecule has 5 heteroatoms. The normalized spacial score (nSPS) is 12.2. The SMILES string of the molecule is OCC(CNCc1nc(-c2ccccc2)cs1)Cc1ccccn1. The van der Waals surface area contributed by atoms with Crippen LogP contribution >= 0.6 is 11.3 Å². The fourth-order valence-corrected chi connectivity index (χ4v) is 3.31. The number of thiazole rings is 1. The van der Waals surface area contributed by atoms with Gasteiger partial charge in [0.1, 0.15) is 5.01 Å². The molecule has 1 unspecified atom stereocenters. The second-order valence-electron chi connectivity index (χ2n) is 5.70. The van der Waals surface area contributed by atoms with E-state index in [1.165, 1.54) is 0 Å². The zero-order valence-electron chi connectivity index (χ0n) is 13.4. The molecule has 124 valence electrons. The van der Waals surface area contributed by atoms with Crippen molar-refractivity contribution < 1.29 is 5.11 Å². The Morgan fingerprint density at radius 3 is 2.67 bits per heavy atom. The molecular formula is C19H21N3OS. The molecule has 24 heavy (non-hydrogen) atoms. The van der Waals surface area contributed by atoms with Crippen molar-refractivity contribution in [1.29, 1.82) is 0 Å². The monoisotopic (exact) mass is 339 g/mol. The first-order valence-corrected chi connectivity index (χ1v) is 8.94. The number of aromatic nitrogens is 2. The van der Waals surface area contributed by atoms with E-state index in [4.69, 9.17) is 0 Å². The molecule has 4 nitrogen and oxygen atoms in total. The van der Waals surface area contributed by atoms with Crippen LogP contribution in [0, 0.1) is 5.92 Å². The Balaban J connectivity index is 1.50. The molecule has 2 heterocycles. The van der Waals surface area contributed by atoms with Crippen LogP contribution in [-0.2, 0) is 13.0 Å². The molecule has 3 aromatic rings. The molecule has 0 aliphatic carbocycles. The van der Waals surface area contributed by atoms with Gasteiger partial charge in [0.05, 0.1) is 5.69 Å². The van der Waals surface area contributed by atoms with Gasteiger partial charge in [0, 0.05) is 42.5 Å². The predicted octanol–water partition coefficient (Wildman–Crippen LogP) is 3.15. The van der Waals surface area contributed by atoms with E-state index in [2.05, 4.69) is 32.8 Å². The van der Waals surface area contributed by atoms with Crippen LogP contribution in [0.3, 0.4) is 0 Å². The molecule has 0 fully saturated rings. The minimum Gasteiger partial charge on any atom is -0.396 e. The van der Waals surface area contributed by atoms with Gasteiger partial charge < -0.3 is 10.4 Å². The number of nitrogens with zero attached hydrogens (tertiary/aromatic N) is 2. The highest BCUT2D eigenvalue weighted by molar-refractivity contribution is 7.09. The molecule has 2 aromatic heterocycles. The van der Waals surface area contributed by atoms with Gasteiger partial charge in [0.25, 0.3) is 0 Å². The lowest BCUT2D eigenvalue weighted by Gasteiger charge is -2.14. The van der Waals surface area contributed by atoms with Gasteiger partial charge in [-0.25, -0.2) is 4.98 Å². The topological polar surface area (TPSA) is 58.0 Å². The molecule has 0 spiro atoms. The van der Waals surface area contributed by atoms with Gasteiger partial charge in [0.2, 0.25) is 0 Å². The zero-order valence-corrected chi connectivity index (χ0v) is 14.2. The third-order valence-corrected chi connectivity index (χ3v) is 4.66. The maximum absolute atomic E-state index is 9.56. The summed E-state index contributed by atoms with van der Waals surface area (Å²) in [7, 11) is 0. The number of benzene rings is 1. The van der Waals surface area contributed by atoms with Gasteiger partial charge in [-0.2, -0.15) is 0 Å². The number of aliphatic hydroxyl groups is 1. The Bertz CT molecular complexity index is 731. The Morgan fingerprint density at radius 2 is 1.92 bits per heavy atom. The van der Waals surface area contributed by atoms with Crippen molar-refractivity contribution in [3.8, 4) is 11.3 Å². The molecule has 2 N–H and O–H groups in total. The van der Waals surface area contributed by atoms with Crippen LogP contribution in [-0.4, -0.2) is 28.2 Å². The molecule has 0 radical (unpaired) electrons. The third-order valence-electron chi connectivity index (χ3n) is 3.81. The average molecular weight is 339 g/mol. The van der Waals surface area contributed by atoms with Crippen molar-refractivity contribution in [3.05, 3.63) is 70.8 Å². The Labute approximate surface area is 146 Å². The molecule has 0 saturated carbocycles. The van der Waals surface area contributed by atoms with Crippen LogP contribution in [0.5, 0.6) is 0 Å². The summed E-state index contributed by atoms with van der Waals surface area (Å²) >= 11 is 1.66. The third kappa shape index (κ3) is 4.71. The summed E-state index contributed by atoms with van der Waals surface area (Å²) < 4.78 is 0. The minimum absolute atomic E-state index is 0.150. The Hall–Kier alpha value is -2.08. The van der Waals surface area contributed by atoms with Crippen LogP contribution in [0.2, 0.25) is 0 Å². The summed E-state index contributed by atoms with van der Waals surface area (Å²) in [6, 6.07) is 16.1. The summed E-state index contributed by atoms with van der Waals surface area (Å²) in [5.41, 5.74) is 3.17. The largest absolute Gasteiger partial charge is 0.396 e. The standard InChI is InChI=1S/C19H21N3OS/c23-13-15(10-17-8-4-5-9-21-17)11-20-12-19-22-18(14-24-19)16-6-2-1-3-7-16/h1-9,14-15,20,23H,10-13H2. The highest BCUT2D eigenvalue weighted by atomic mass is 32.1. The van der Waals surface area contributed by atoms with E-state index in [1.807, 2.05) is 36.4 Å². The summed E-state index contributed by atoms with van der Waals surface area (Å²) in [6.07, 6.45) is 2.56. The number of aliphatic hydroxyl groups excluding tert-OH is 1. The molecule has 0 amide bonds. The fraction of sp³-hybridized carbons (Fsp3) is 0.263. The van der Waals surface area contributed by atoms with E-state index >= 15 is 0 Å². The molecule has 0 aliphatic rings. The molecule has 0 aliphatic heterocycles. The maximum atomic E-state index is 9.56. The van der Waals surface area contributed by atoms with Gasteiger partial charge in [0.15, 0.2) is 0 Å². The van der Waals surface area contributed by atoms with E-state index in [0.717, 1.165) is 41.5 Å². The second-order valence-corrected chi connectivity index (χ2v) is 6.64. The first kappa shape index (κ1) is 16.8. The number of rotatable bonds is 8. The molecule has 1 aromatic carbocycles. The van der Waals surface area contributed by atoms with Crippen LogP contribution in [0.1, 0.15) is 10.7 Å². The molecule has 0 bridgehead atoms. The van der Waals surface area contributed by atoms with Crippen molar-refractivity contribution in [2.45, 2.75) is 13.0 Å². The highest BCUT2D eigenvalue weighted by Crippen LogP contribution is 2.21. The van der Waals surface area contributed by atoms with E-state index < -0.39 is 0 Å². The first-order valence-electron chi connectivity index (χ1n) is 8.06. The van der Waals surface area contributed by atoms with Gasteiger partial charge in [-0.1, -0.05) is 36.4 Å². The summed E-state index contributed by atoms with van der Waals surface area (Å²) in [4.78, 5) is 8.99. The Morgan fingerprint density at radius 1 is 1.08 bits per heavy atom. The molecule has 0 saturated heterocycles. The van der Waals surface area contributed by atoms with Crippen LogP contribution in [0.4, 0.5) is 0 Å². The molecule has 1 atom stereocenters. The van der Waals surface area contributed by atoms with Crippen molar-refractivity contribution in [2.24, 2.45) is 5.92 Å². The maximum Gasteiger partial charge on any atom is 0.107 e. The van der Waals surface area contributed by atoms with Crippen molar-refractivity contribution in [1.82, 2.24) is 15.3 Å². The predicted molar refractivity (Wildman–Crippen MR) is 97.8 cm³/mol. The van der Waals surface area contributed by atoms with Crippen LogP contribution in [0.15, 0.2) is 60.1 Å². The lowest BCUT2D eigenvalue weighted by atomic mass is 10.0. The van der Waals surface area contributed by atoms with Crippen molar-refractivity contribution >= 4 is 11.3 Å². The zero-order chi connectivity index (χ0) is 16.6. The molecular weight excluding hydrogens is 318 g/mol. The average Bonchev–Trinajstić information content (AvgIpc) is 3.11. The number of nitrogens with one attached hydrogen (secondary N) is 1. The lowest BCUT2D eigenvalue weighted by molar-refractivity contribution is 0.220. The van der Waals surface area contributed by atoms with Gasteiger partial charge in [-0.3, -0.25) is 4.98 Å². The molecule has 3 rings (SSSR count). The van der Waals surface area contributed by atoms with Gasteiger partial charge in [-0.05, 0) is 24.5 Å². The van der Waals surface area contributed by atoms with E-state index in [1.54, 1.807) is 17.5 Å². The van der Waals surface area contributed by atoms with Crippen molar-refractivity contribution in [2.75, 3.05) is 13.2 Å². The number of hydrogen-bond donors (Lipinski definition) is 2. The second kappa shape index (κ2) is 8.68. The summed E-state index contributed by atoms with van der Waals surface area (Å²) in [5, 5.41) is 16.1. The summed E-state index contributed by atoms with van der Waals surface area (Å²) in [6.45, 7) is 1.61. The van der Waals surface area contributed by atoms with Gasteiger partial charge >= 0.3 is 0 Å².